The standard InChI is InChI=1S/C18H12Br2N2O2/c19-17-9-5-1-2-6-10(9)18(20,12-8-4-3-7-11(12)17)14-13(17)15(23)21-22-16(14)24/h1-8,13-14H,(H,21,23)(H,22,24)/t13-,14-,17?,18?/m0/s1. The predicted octanol–water partition coefficient (Wildman–Crippen LogP) is 2.68. The maximum absolute atomic E-state index is 12.8. The predicted molar refractivity (Wildman–Crippen MR) is 95.6 cm³/mol. The summed E-state index contributed by atoms with van der Waals surface area (Å²) < 4.78 is -1.44. The third kappa shape index (κ3) is 1.41. The highest BCUT2D eigenvalue weighted by Gasteiger charge is 2.69. The van der Waals surface area contributed by atoms with Crippen LogP contribution in [0.2, 0.25) is 0 Å². The highest BCUT2D eigenvalue weighted by Crippen LogP contribution is 2.69. The first-order valence-electron chi connectivity index (χ1n) is 7.68. The lowest BCUT2D eigenvalue weighted by Gasteiger charge is -2.59. The molecule has 2 atom stereocenters. The van der Waals surface area contributed by atoms with Gasteiger partial charge in [-0.1, -0.05) is 80.4 Å². The second-order valence-corrected chi connectivity index (χ2v) is 8.95. The van der Waals surface area contributed by atoms with Crippen molar-refractivity contribution in [1.29, 1.82) is 0 Å². The summed E-state index contributed by atoms with van der Waals surface area (Å²) in [4.78, 5) is 25.5. The Kier molecular flexibility index (Phi) is 2.74. The summed E-state index contributed by atoms with van der Waals surface area (Å²) in [5.74, 6) is -1.42. The van der Waals surface area contributed by atoms with Crippen molar-refractivity contribution in [2.75, 3.05) is 0 Å². The van der Waals surface area contributed by atoms with Gasteiger partial charge in [-0.25, -0.2) is 0 Å². The molecule has 0 unspecified atom stereocenters. The van der Waals surface area contributed by atoms with Crippen LogP contribution in [0.4, 0.5) is 0 Å². The van der Waals surface area contributed by atoms with E-state index in [4.69, 9.17) is 0 Å². The molecule has 0 spiro atoms. The van der Waals surface area contributed by atoms with Crippen LogP contribution >= 0.6 is 31.9 Å². The minimum absolute atomic E-state index is 0.177. The number of hydrogen-bond acceptors (Lipinski definition) is 2. The van der Waals surface area contributed by atoms with Gasteiger partial charge in [-0.05, 0) is 22.3 Å². The molecule has 1 fully saturated rings. The zero-order valence-corrected chi connectivity index (χ0v) is 15.5. The normalized spacial score (nSPS) is 35.4. The van der Waals surface area contributed by atoms with Crippen molar-refractivity contribution in [2.45, 2.75) is 8.65 Å². The van der Waals surface area contributed by atoms with E-state index in [0.717, 1.165) is 22.3 Å². The van der Waals surface area contributed by atoms with Crippen LogP contribution in [0.3, 0.4) is 0 Å². The smallest absolute Gasteiger partial charge is 0.244 e. The molecule has 1 aliphatic heterocycles. The molecule has 24 heavy (non-hydrogen) atoms. The van der Waals surface area contributed by atoms with Gasteiger partial charge in [0, 0.05) is 0 Å². The Hall–Kier alpha value is -1.66. The van der Waals surface area contributed by atoms with E-state index < -0.39 is 20.5 Å². The van der Waals surface area contributed by atoms with Crippen LogP contribution < -0.4 is 10.9 Å². The molecule has 6 rings (SSSR count). The molecule has 3 aliphatic carbocycles. The molecule has 1 saturated heterocycles. The topological polar surface area (TPSA) is 58.2 Å². The average molecular weight is 448 g/mol. The monoisotopic (exact) mass is 446 g/mol. The van der Waals surface area contributed by atoms with Crippen LogP contribution in [0.5, 0.6) is 0 Å². The van der Waals surface area contributed by atoms with Gasteiger partial charge in [0.25, 0.3) is 0 Å². The summed E-state index contributed by atoms with van der Waals surface area (Å²) in [7, 11) is 0. The summed E-state index contributed by atoms with van der Waals surface area (Å²) in [5.41, 5.74) is 9.20. The van der Waals surface area contributed by atoms with E-state index in [0.29, 0.717) is 0 Å². The van der Waals surface area contributed by atoms with Gasteiger partial charge in [0.05, 0.1) is 20.5 Å². The van der Waals surface area contributed by atoms with E-state index >= 15 is 0 Å². The first kappa shape index (κ1) is 14.7. The van der Waals surface area contributed by atoms with Crippen molar-refractivity contribution in [3.63, 3.8) is 0 Å². The fourth-order valence-electron chi connectivity index (χ4n) is 4.60. The molecule has 2 bridgehead atoms. The molecule has 0 saturated carbocycles. The molecule has 2 aromatic carbocycles. The number of amides is 2. The number of rotatable bonds is 0. The molecule has 6 heteroatoms. The van der Waals surface area contributed by atoms with E-state index in [1.165, 1.54) is 0 Å². The number of carbonyl (C=O) groups excluding carboxylic acids is 2. The van der Waals surface area contributed by atoms with E-state index in [9.17, 15) is 9.59 Å². The molecule has 2 N–H and O–H groups in total. The highest BCUT2D eigenvalue weighted by molar-refractivity contribution is 9.10. The van der Waals surface area contributed by atoms with Crippen molar-refractivity contribution >= 4 is 43.7 Å². The number of hydrazine groups is 1. The van der Waals surface area contributed by atoms with Gasteiger partial charge < -0.3 is 0 Å². The van der Waals surface area contributed by atoms with Crippen LogP contribution in [0, 0.1) is 11.8 Å². The quantitative estimate of drug-likeness (QED) is 0.610. The van der Waals surface area contributed by atoms with Crippen molar-refractivity contribution in [3.8, 4) is 0 Å². The fraction of sp³-hybridized carbons (Fsp3) is 0.222. The first-order valence-corrected chi connectivity index (χ1v) is 9.26. The van der Waals surface area contributed by atoms with Crippen LogP contribution in [0.15, 0.2) is 48.5 Å². The summed E-state index contributed by atoms with van der Waals surface area (Å²) in [6, 6.07) is 16.0. The Morgan fingerprint density at radius 3 is 1.25 bits per heavy atom. The molecule has 2 amide bonds. The summed E-state index contributed by atoms with van der Waals surface area (Å²) in [5, 5.41) is 0. The van der Waals surface area contributed by atoms with Crippen LogP contribution in [0.1, 0.15) is 22.3 Å². The van der Waals surface area contributed by atoms with Crippen LogP contribution in [-0.4, -0.2) is 11.8 Å². The Balaban J connectivity index is 1.97. The van der Waals surface area contributed by atoms with E-state index in [1.54, 1.807) is 0 Å². The number of nitrogens with one attached hydrogen (secondary N) is 2. The van der Waals surface area contributed by atoms with Gasteiger partial charge >= 0.3 is 0 Å². The van der Waals surface area contributed by atoms with Gasteiger partial charge in [0.1, 0.15) is 0 Å². The van der Waals surface area contributed by atoms with Gasteiger partial charge in [-0.3, -0.25) is 20.4 Å². The lowest BCUT2D eigenvalue weighted by atomic mass is 9.53. The Bertz CT molecular complexity index is 805. The highest BCUT2D eigenvalue weighted by atomic mass is 79.9. The molecule has 1 heterocycles. The van der Waals surface area contributed by atoms with Crippen LogP contribution in [0.25, 0.3) is 0 Å². The molecule has 0 radical (unpaired) electrons. The number of benzene rings is 2. The molecule has 2 aromatic rings. The molecule has 120 valence electrons. The molecule has 0 aromatic heterocycles. The molecular formula is C18H12Br2N2O2. The minimum Gasteiger partial charge on any atom is -0.273 e. The van der Waals surface area contributed by atoms with Crippen molar-refractivity contribution in [2.24, 2.45) is 11.8 Å². The summed E-state index contributed by atoms with van der Waals surface area (Å²) in [6.45, 7) is 0. The van der Waals surface area contributed by atoms with Gasteiger partial charge in [-0.2, -0.15) is 0 Å². The lowest BCUT2D eigenvalue weighted by molar-refractivity contribution is -0.146. The maximum Gasteiger partial charge on any atom is 0.244 e. The van der Waals surface area contributed by atoms with E-state index in [1.807, 2.05) is 48.5 Å². The second kappa shape index (κ2) is 4.49. The zero-order valence-electron chi connectivity index (χ0n) is 12.3. The maximum atomic E-state index is 12.8. The fourth-order valence-corrected chi connectivity index (χ4v) is 6.93. The van der Waals surface area contributed by atoms with Crippen molar-refractivity contribution in [1.82, 2.24) is 10.9 Å². The van der Waals surface area contributed by atoms with E-state index in [2.05, 4.69) is 42.7 Å². The largest absolute Gasteiger partial charge is 0.273 e. The number of alkyl halides is 2. The molecule has 4 aliphatic rings. The molecular weight excluding hydrogens is 436 g/mol. The minimum atomic E-state index is -0.720. The zero-order chi connectivity index (χ0) is 16.7. The SMILES string of the molecule is O=C1NNC(=O)[C@@H]2[C@@H]1C1(Br)c3ccccc3C2(Br)c2ccccc21. The van der Waals surface area contributed by atoms with Gasteiger partial charge in [0.2, 0.25) is 11.8 Å². The van der Waals surface area contributed by atoms with Gasteiger partial charge in [0.15, 0.2) is 0 Å². The third-order valence-electron chi connectivity index (χ3n) is 5.49. The van der Waals surface area contributed by atoms with Crippen LogP contribution in [-0.2, 0) is 18.2 Å². The average Bonchev–Trinajstić information content (AvgIpc) is 2.61. The Morgan fingerprint density at radius 1 is 0.667 bits per heavy atom. The molecule has 4 nitrogen and oxygen atoms in total. The Morgan fingerprint density at radius 2 is 0.958 bits per heavy atom. The van der Waals surface area contributed by atoms with Crippen molar-refractivity contribution in [3.05, 3.63) is 70.8 Å². The lowest BCUT2D eigenvalue weighted by Crippen LogP contribution is -2.69. The van der Waals surface area contributed by atoms with E-state index in [-0.39, 0.29) is 11.8 Å². The number of carbonyl (C=O) groups is 2. The third-order valence-corrected chi connectivity index (χ3v) is 8.18. The second-order valence-electron chi connectivity index (χ2n) is 6.45. The summed E-state index contributed by atoms with van der Waals surface area (Å²) in [6.07, 6.45) is 0. The Labute approximate surface area is 155 Å². The van der Waals surface area contributed by atoms with Crippen molar-refractivity contribution < 1.29 is 9.59 Å². The van der Waals surface area contributed by atoms with Gasteiger partial charge in [-0.15, -0.1) is 0 Å². The number of halogens is 2. The summed E-state index contributed by atoms with van der Waals surface area (Å²) >= 11 is 7.80. The first-order chi connectivity index (χ1) is 11.5. The number of hydrogen-bond donors (Lipinski definition) is 2.